The third-order valence-electron chi connectivity index (χ3n) is 15.2. The third kappa shape index (κ3) is 17.6. The smallest absolute Gasteiger partial charge is 0.406 e. The molecule has 12 rings (SSSR count). The van der Waals surface area contributed by atoms with Crippen LogP contribution < -0.4 is 4.74 Å². The van der Waals surface area contributed by atoms with Gasteiger partial charge in [0.25, 0.3) is 0 Å². The van der Waals surface area contributed by atoms with Crippen LogP contribution in [0.25, 0.3) is 89.0 Å². The van der Waals surface area contributed by atoms with Crippen LogP contribution >= 0.6 is 0 Å². The van der Waals surface area contributed by atoms with Crippen LogP contribution in [0.5, 0.6) is 5.75 Å². The lowest BCUT2D eigenvalue weighted by atomic mass is 9.98. The first-order chi connectivity index (χ1) is 47.4. The second-order valence-electron chi connectivity index (χ2n) is 22.3. The van der Waals surface area contributed by atoms with Gasteiger partial charge in [-0.25, -0.2) is 79.0 Å². The SMILES string of the molecule is CCCc1ccc(-c2ccc(-c3ccc(C)cc3)cc2F)cc1.Cc1ccc(-c2ccc(-c3cc(F)c(F)c(F)c3)c(F)c2)c(F)c1.Fc1cc(-c2cc(F)c(F)c(F)c2)c(F)cc1-c1cc(F)c(F)c(F)c1.Fc1cc(-c2ccc(OC(F)(F)F)cc2)ccc1-c1cc(F)c(F)c(F)c1. The molecule has 0 aliphatic carbocycles. The number of hydrogen-bond donors (Lipinski definition) is 0. The molecular weight excluding hydrogens is 1350 g/mol. The molecule has 22 heteroatoms. The van der Waals surface area contributed by atoms with Crippen LogP contribution in [-0.4, -0.2) is 6.36 Å². The molecule has 12 aromatic carbocycles. The minimum absolute atomic E-state index is 0.107. The van der Waals surface area contributed by atoms with E-state index in [1.165, 1.54) is 59.7 Å². The van der Waals surface area contributed by atoms with Crippen molar-refractivity contribution < 1.29 is 96.9 Å². The fraction of sp³-hybridized carbons (Fsp3) is 0.0769. The molecule has 0 atom stereocenters. The zero-order chi connectivity index (χ0) is 72.6. The number of rotatable bonds is 11. The number of aryl methyl sites for hydroxylation is 3. The van der Waals surface area contributed by atoms with Crippen molar-refractivity contribution in [3.63, 3.8) is 0 Å². The molecule has 0 aromatic heterocycles. The molecule has 12 aromatic rings. The van der Waals surface area contributed by atoms with Gasteiger partial charge in [-0.15, -0.1) is 13.2 Å². The number of hydrogen-bond acceptors (Lipinski definition) is 1. The lowest BCUT2D eigenvalue weighted by molar-refractivity contribution is -0.274. The Morgan fingerprint density at radius 1 is 0.240 bits per heavy atom. The average Bonchev–Trinajstić information content (AvgIpc) is 0.703. The highest BCUT2D eigenvalue weighted by molar-refractivity contribution is 5.76. The Morgan fingerprint density at radius 2 is 0.500 bits per heavy atom. The zero-order valence-corrected chi connectivity index (χ0v) is 51.9. The molecule has 0 aliphatic rings. The van der Waals surface area contributed by atoms with Crippen LogP contribution in [0.1, 0.15) is 30.0 Å². The first kappa shape index (κ1) is 73.2. The van der Waals surface area contributed by atoms with E-state index < -0.39 is 133 Å². The maximum absolute atomic E-state index is 14.5. The van der Waals surface area contributed by atoms with Gasteiger partial charge in [0.15, 0.2) is 69.8 Å². The van der Waals surface area contributed by atoms with Crippen LogP contribution in [0.2, 0.25) is 0 Å². The van der Waals surface area contributed by atoms with E-state index in [1.54, 1.807) is 19.1 Å². The number of alkyl halides is 3. The van der Waals surface area contributed by atoms with Crippen molar-refractivity contribution in [3.8, 4) is 94.8 Å². The highest BCUT2D eigenvalue weighted by Crippen LogP contribution is 2.37. The molecule has 0 radical (unpaired) electrons. The second-order valence-corrected chi connectivity index (χ2v) is 22.3. The summed E-state index contributed by atoms with van der Waals surface area (Å²) in [5.74, 6) is -24.1. The fourth-order valence-electron chi connectivity index (χ4n) is 10.2. The standard InChI is InChI=1S/C22H21F.C19H9F7O.C19H11F5.C18H6F8/c1-3-4-17-7-11-19(12-8-17)21-14-13-20(15-22(21)23)18-9-5-16(2)6-10-18;20-15-7-11(10-1-4-13(5-2-10)27-19(24,25)26)3-6-14(15)12-8-16(21)18(23)17(22)9-12;1-10-2-4-13(15(20)6-10)11-3-5-14(16(21)7-11)12-8-17(22)19(24)18(23)9-12;19-11-6-10(8-3-15(23)18(26)16(24)4-8)12(20)5-9(11)7-1-13(21)17(25)14(22)2-7/h5-15H,3-4H2,1-2H3;1-9H;2-9H,1H3;1-6H. The molecule has 0 heterocycles. The molecule has 0 saturated carbocycles. The Labute approximate surface area is 557 Å². The molecule has 0 saturated heterocycles. The van der Waals surface area contributed by atoms with Gasteiger partial charge in [-0.2, -0.15) is 0 Å². The summed E-state index contributed by atoms with van der Waals surface area (Å²) in [6, 6.07) is 44.3. The predicted octanol–water partition coefficient (Wildman–Crippen LogP) is 25.1. The summed E-state index contributed by atoms with van der Waals surface area (Å²) < 4.78 is 284. The molecule has 512 valence electrons. The predicted molar refractivity (Wildman–Crippen MR) is 339 cm³/mol. The van der Waals surface area contributed by atoms with Gasteiger partial charge >= 0.3 is 6.36 Å². The van der Waals surface area contributed by atoms with Crippen molar-refractivity contribution in [2.45, 2.75) is 40.0 Å². The van der Waals surface area contributed by atoms with Crippen molar-refractivity contribution in [3.05, 3.63) is 328 Å². The molecule has 1 nitrogen and oxygen atoms in total. The van der Waals surface area contributed by atoms with E-state index in [1.807, 2.05) is 48.5 Å². The van der Waals surface area contributed by atoms with E-state index >= 15 is 0 Å². The monoisotopic (exact) mass is 1400 g/mol. The van der Waals surface area contributed by atoms with Gasteiger partial charge in [-0.3, -0.25) is 0 Å². The van der Waals surface area contributed by atoms with Gasteiger partial charge < -0.3 is 4.74 Å². The van der Waals surface area contributed by atoms with Crippen molar-refractivity contribution in [2.24, 2.45) is 0 Å². The molecular formula is C78H47F21O. The largest absolute Gasteiger partial charge is 0.573 e. The van der Waals surface area contributed by atoms with E-state index in [9.17, 15) is 92.2 Å². The average molecular weight is 1400 g/mol. The van der Waals surface area contributed by atoms with E-state index in [0.29, 0.717) is 77.4 Å². The van der Waals surface area contributed by atoms with Crippen molar-refractivity contribution >= 4 is 0 Å². The number of ether oxygens (including phenoxy) is 1. The summed E-state index contributed by atoms with van der Waals surface area (Å²) in [5.41, 5.74) is 5.21. The van der Waals surface area contributed by atoms with Crippen LogP contribution in [0.3, 0.4) is 0 Å². The molecule has 0 fully saturated rings. The van der Waals surface area contributed by atoms with Crippen LogP contribution in [0.4, 0.5) is 92.2 Å². The first-order valence-electron chi connectivity index (χ1n) is 29.6. The van der Waals surface area contributed by atoms with E-state index in [4.69, 9.17) is 0 Å². The summed E-state index contributed by atoms with van der Waals surface area (Å²) in [5, 5.41) is 0. The normalized spacial score (nSPS) is 11.1. The number of halogens is 21. The van der Waals surface area contributed by atoms with Gasteiger partial charge in [0, 0.05) is 33.4 Å². The van der Waals surface area contributed by atoms with E-state index in [-0.39, 0.29) is 39.2 Å². The van der Waals surface area contributed by atoms with Crippen LogP contribution in [0, 0.1) is 119 Å². The Balaban J connectivity index is 0.000000156. The molecule has 0 spiro atoms. The van der Waals surface area contributed by atoms with Crippen molar-refractivity contribution in [2.75, 3.05) is 0 Å². The molecule has 0 N–H and O–H groups in total. The molecule has 0 aliphatic heterocycles. The van der Waals surface area contributed by atoms with Gasteiger partial charge in [-0.1, -0.05) is 128 Å². The quantitative estimate of drug-likeness (QED) is 0.0926. The molecule has 0 bridgehead atoms. The minimum Gasteiger partial charge on any atom is -0.406 e. The van der Waals surface area contributed by atoms with Crippen LogP contribution in [-0.2, 0) is 6.42 Å². The second kappa shape index (κ2) is 31.2. The Bertz CT molecular complexity index is 4800. The summed E-state index contributed by atoms with van der Waals surface area (Å²) in [4.78, 5) is 0. The van der Waals surface area contributed by atoms with E-state index in [2.05, 4.69) is 30.7 Å². The highest BCUT2D eigenvalue weighted by Gasteiger charge is 2.31. The van der Waals surface area contributed by atoms with Gasteiger partial charge in [0.05, 0.1) is 0 Å². The van der Waals surface area contributed by atoms with Gasteiger partial charge in [0.1, 0.15) is 40.7 Å². The Morgan fingerprint density at radius 3 is 0.850 bits per heavy atom. The molecule has 0 unspecified atom stereocenters. The van der Waals surface area contributed by atoms with Gasteiger partial charge in [-0.05, 0) is 184 Å². The lowest BCUT2D eigenvalue weighted by Gasteiger charge is -2.10. The van der Waals surface area contributed by atoms with Crippen molar-refractivity contribution in [1.29, 1.82) is 0 Å². The van der Waals surface area contributed by atoms with Crippen LogP contribution in [0.15, 0.2) is 206 Å². The maximum Gasteiger partial charge on any atom is 0.573 e. The van der Waals surface area contributed by atoms with E-state index in [0.717, 1.165) is 59.4 Å². The van der Waals surface area contributed by atoms with Gasteiger partial charge in [0.2, 0.25) is 0 Å². The summed E-state index contributed by atoms with van der Waals surface area (Å²) >= 11 is 0. The Hall–Kier alpha value is -11.0. The third-order valence-corrected chi connectivity index (χ3v) is 15.2. The first-order valence-corrected chi connectivity index (χ1v) is 29.6. The fourth-order valence-corrected chi connectivity index (χ4v) is 10.2. The topological polar surface area (TPSA) is 9.23 Å². The number of benzene rings is 12. The molecule has 0 amide bonds. The Kier molecular flexibility index (Phi) is 22.9. The van der Waals surface area contributed by atoms with Crippen molar-refractivity contribution in [1.82, 2.24) is 0 Å². The minimum atomic E-state index is -4.82. The maximum atomic E-state index is 14.5. The highest BCUT2D eigenvalue weighted by atomic mass is 19.4. The summed E-state index contributed by atoms with van der Waals surface area (Å²) in [7, 11) is 0. The summed E-state index contributed by atoms with van der Waals surface area (Å²) in [6.07, 6.45) is -2.64. The summed E-state index contributed by atoms with van der Waals surface area (Å²) in [6.45, 7) is 5.95. The zero-order valence-electron chi connectivity index (χ0n) is 51.9. The molecule has 100 heavy (non-hydrogen) atoms. The lowest BCUT2D eigenvalue weighted by Crippen LogP contribution is -2.16.